The lowest BCUT2D eigenvalue weighted by molar-refractivity contribution is -0.119. The maximum Gasteiger partial charge on any atom is 0.224 e. The van der Waals surface area contributed by atoms with Crippen molar-refractivity contribution in [3.8, 4) is 17.2 Å². The third kappa shape index (κ3) is 3.09. The van der Waals surface area contributed by atoms with Crippen LogP contribution in [-0.2, 0) is 4.79 Å². The Morgan fingerprint density at radius 1 is 1.10 bits per heavy atom. The molecule has 0 heterocycles. The van der Waals surface area contributed by atoms with Gasteiger partial charge in [0.15, 0.2) is 11.5 Å². The molecule has 2 aromatic carbocycles. The molecule has 20 heavy (non-hydrogen) atoms. The van der Waals surface area contributed by atoms with Crippen molar-refractivity contribution in [3.05, 3.63) is 54.1 Å². The number of carbonyl (C=O) groups is 1. The van der Waals surface area contributed by atoms with Crippen molar-refractivity contribution in [2.45, 2.75) is 12.8 Å². The lowest BCUT2D eigenvalue weighted by Gasteiger charge is -2.12. The van der Waals surface area contributed by atoms with E-state index in [-0.39, 0.29) is 11.8 Å². The molecule has 1 amide bonds. The molecule has 2 aromatic rings. The second kappa shape index (κ2) is 6.10. The SMILES string of the molecule is COc1ccccc1Oc1cccc([C@@H](C)C(N)=O)c1. The first kappa shape index (κ1) is 13.9. The van der Waals surface area contributed by atoms with Gasteiger partial charge in [-0.3, -0.25) is 4.79 Å². The van der Waals surface area contributed by atoms with E-state index < -0.39 is 0 Å². The highest BCUT2D eigenvalue weighted by Gasteiger charge is 2.12. The van der Waals surface area contributed by atoms with E-state index in [9.17, 15) is 4.79 Å². The van der Waals surface area contributed by atoms with E-state index in [0.29, 0.717) is 17.2 Å². The summed E-state index contributed by atoms with van der Waals surface area (Å²) in [6.07, 6.45) is 0. The van der Waals surface area contributed by atoms with E-state index >= 15 is 0 Å². The van der Waals surface area contributed by atoms with Crippen LogP contribution in [0.5, 0.6) is 17.2 Å². The lowest BCUT2D eigenvalue weighted by atomic mass is 10.0. The minimum atomic E-state index is -0.362. The third-order valence-electron chi connectivity index (χ3n) is 3.08. The number of nitrogens with two attached hydrogens (primary N) is 1. The molecule has 0 aliphatic rings. The normalized spacial score (nSPS) is 11.7. The Hall–Kier alpha value is -2.49. The third-order valence-corrected chi connectivity index (χ3v) is 3.08. The average molecular weight is 271 g/mol. The summed E-state index contributed by atoms with van der Waals surface area (Å²) in [6, 6.07) is 14.7. The van der Waals surface area contributed by atoms with Crippen LogP contribution in [0.3, 0.4) is 0 Å². The minimum Gasteiger partial charge on any atom is -0.493 e. The first-order chi connectivity index (χ1) is 9.61. The second-order valence-corrected chi connectivity index (χ2v) is 4.45. The fourth-order valence-electron chi connectivity index (χ4n) is 1.84. The molecule has 2 N–H and O–H groups in total. The van der Waals surface area contributed by atoms with E-state index in [0.717, 1.165) is 5.56 Å². The summed E-state index contributed by atoms with van der Waals surface area (Å²) in [5, 5.41) is 0. The summed E-state index contributed by atoms with van der Waals surface area (Å²) in [7, 11) is 1.59. The molecule has 0 aliphatic heterocycles. The van der Waals surface area contributed by atoms with Gasteiger partial charge < -0.3 is 15.2 Å². The highest BCUT2D eigenvalue weighted by molar-refractivity contribution is 5.81. The molecule has 0 aliphatic carbocycles. The zero-order chi connectivity index (χ0) is 14.5. The molecule has 0 saturated carbocycles. The van der Waals surface area contributed by atoms with Crippen LogP contribution in [0.2, 0.25) is 0 Å². The molecule has 0 radical (unpaired) electrons. The van der Waals surface area contributed by atoms with Gasteiger partial charge in [0, 0.05) is 0 Å². The molecule has 4 nitrogen and oxygen atoms in total. The van der Waals surface area contributed by atoms with Crippen LogP contribution >= 0.6 is 0 Å². The standard InChI is InChI=1S/C16H17NO3/c1-11(16(17)18)12-6-5-7-13(10-12)20-15-9-4-3-8-14(15)19-2/h3-11H,1-2H3,(H2,17,18)/t11-/m1/s1. The average Bonchev–Trinajstić information content (AvgIpc) is 2.47. The van der Waals surface area contributed by atoms with Crippen molar-refractivity contribution in [2.24, 2.45) is 5.73 Å². The van der Waals surface area contributed by atoms with E-state index in [4.69, 9.17) is 15.2 Å². The van der Waals surface area contributed by atoms with Gasteiger partial charge in [-0.15, -0.1) is 0 Å². The number of carbonyl (C=O) groups excluding carboxylic acids is 1. The van der Waals surface area contributed by atoms with Crippen molar-refractivity contribution >= 4 is 5.91 Å². The zero-order valence-electron chi connectivity index (χ0n) is 11.5. The van der Waals surface area contributed by atoms with Crippen LogP contribution in [0.1, 0.15) is 18.4 Å². The van der Waals surface area contributed by atoms with Crippen LogP contribution in [0.15, 0.2) is 48.5 Å². The van der Waals surface area contributed by atoms with Crippen molar-refractivity contribution < 1.29 is 14.3 Å². The van der Waals surface area contributed by atoms with Crippen LogP contribution in [0.4, 0.5) is 0 Å². The highest BCUT2D eigenvalue weighted by Crippen LogP contribution is 2.32. The van der Waals surface area contributed by atoms with Crippen LogP contribution in [-0.4, -0.2) is 13.0 Å². The van der Waals surface area contributed by atoms with Crippen LogP contribution in [0, 0.1) is 0 Å². The van der Waals surface area contributed by atoms with Crippen molar-refractivity contribution in [2.75, 3.05) is 7.11 Å². The van der Waals surface area contributed by atoms with E-state index in [1.165, 1.54) is 0 Å². The Morgan fingerprint density at radius 3 is 2.45 bits per heavy atom. The molecule has 0 spiro atoms. The number of rotatable bonds is 5. The maximum absolute atomic E-state index is 11.2. The molecule has 0 bridgehead atoms. The van der Waals surface area contributed by atoms with Gasteiger partial charge in [-0.2, -0.15) is 0 Å². The zero-order valence-corrected chi connectivity index (χ0v) is 11.5. The summed E-state index contributed by atoms with van der Waals surface area (Å²) in [6.45, 7) is 1.77. The van der Waals surface area contributed by atoms with Gasteiger partial charge in [0.2, 0.25) is 5.91 Å². The Balaban J connectivity index is 2.26. The molecule has 0 unspecified atom stereocenters. The van der Waals surface area contributed by atoms with E-state index in [1.54, 1.807) is 14.0 Å². The van der Waals surface area contributed by atoms with E-state index in [2.05, 4.69) is 0 Å². The number of para-hydroxylation sites is 2. The predicted octanol–water partition coefficient (Wildman–Crippen LogP) is 3.08. The molecule has 1 atom stereocenters. The maximum atomic E-state index is 11.2. The summed E-state index contributed by atoms with van der Waals surface area (Å²) in [4.78, 5) is 11.2. The molecular formula is C16H17NO3. The number of methoxy groups -OCH3 is 1. The van der Waals surface area contributed by atoms with Crippen molar-refractivity contribution in [1.82, 2.24) is 0 Å². The molecule has 0 aromatic heterocycles. The molecule has 0 saturated heterocycles. The molecule has 4 heteroatoms. The number of ether oxygens (including phenoxy) is 2. The second-order valence-electron chi connectivity index (χ2n) is 4.45. The number of hydrogen-bond donors (Lipinski definition) is 1. The van der Waals surface area contributed by atoms with Gasteiger partial charge in [-0.25, -0.2) is 0 Å². The summed E-state index contributed by atoms with van der Waals surface area (Å²) >= 11 is 0. The van der Waals surface area contributed by atoms with Crippen LogP contribution < -0.4 is 15.2 Å². The highest BCUT2D eigenvalue weighted by atomic mass is 16.5. The molecule has 104 valence electrons. The topological polar surface area (TPSA) is 61.6 Å². The van der Waals surface area contributed by atoms with Gasteiger partial charge in [-0.05, 0) is 36.8 Å². The summed E-state index contributed by atoms with van der Waals surface area (Å²) in [5.74, 6) is 1.20. The smallest absolute Gasteiger partial charge is 0.224 e. The Morgan fingerprint density at radius 2 is 1.80 bits per heavy atom. The lowest BCUT2D eigenvalue weighted by Crippen LogP contribution is -2.18. The largest absolute Gasteiger partial charge is 0.493 e. The Labute approximate surface area is 118 Å². The Kier molecular flexibility index (Phi) is 4.25. The monoisotopic (exact) mass is 271 g/mol. The van der Waals surface area contributed by atoms with E-state index in [1.807, 2.05) is 48.5 Å². The number of primary amides is 1. The fourth-order valence-corrected chi connectivity index (χ4v) is 1.84. The first-order valence-corrected chi connectivity index (χ1v) is 6.32. The number of benzene rings is 2. The number of hydrogen-bond acceptors (Lipinski definition) is 3. The van der Waals surface area contributed by atoms with Gasteiger partial charge in [0.25, 0.3) is 0 Å². The quantitative estimate of drug-likeness (QED) is 0.909. The van der Waals surface area contributed by atoms with Crippen molar-refractivity contribution in [1.29, 1.82) is 0 Å². The molecule has 0 fully saturated rings. The number of amides is 1. The minimum absolute atomic E-state index is 0.351. The molecular weight excluding hydrogens is 254 g/mol. The summed E-state index contributed by atoms with van der Waals surface area (Å²) < 4.78 is 11.0. The van der Waals surface area contributed by atoms with Gasteiger partial charge in [0.05, 0.1) is 13.0 Å². The molecule has 2 rings (SSSR count). The van der Waals surface area contributed by atoms with Gasteiger partial charge >= 0.3 is 0 Å². The van der Waals surface area contributed by atoms with Crippen molar-refractivity contribution in [3.63, 3.8) is 0 Å². The fraction of sp³-hybridized carbons (Fsp3) is 0.188. The Bertz CT molecular complexity index is 610. The summed E-state index contributed by atoms with van der Waals surface area (Å²) in [5.41, 5.74) is 6.14. The first-order valence-electron chi connectivity index (χ1n) is 6.32. The predicted molar refractivity (Wildman–Crippen MR) is 77.1 cm³/mol. The van der Waals surface area contributed by atoms with Crippen LogP contribution in [0.25, 0.3) is 0 Å². The van der Waals surface area contributed by atoms with Gasteiger partial charge in [0.1, 0.15) is 5.75 Å². The van der Waals surface area contributed by atoms with Gasteiger partial charge in [-0.1, -0.05) is 24.3 Å².